The van der Waals surface area contributed by atoms with Gasteiger partial charge in [-0.25, -0.2) is 4.98 Å². The topological polar surface area (TPSA) is 50.3 Å². The van der Waals surface area contributed by atoms with Crippen molar-refractivity contribution in [1.82, 2.24) is 4.98 Å². The third-order valence-corrected chi connectivity index (χ3v) is 3.05. The highest BCUT2D eigenvalue weighted by Gasteiger charge is 2.30. The molecule has 6 heteroatoms. The second kappa shape index (κ2) is 4.02. The lowest BCUT2D eigenvalue weighted by Gasteiger charge is -2.14. The summed E-state index contributed by atoms with van der Waals surface area (Å²) in [7, 11) is 0. The maximum absolute atomic E-state index is 11.5. The molecule has 0 radical (unpaired) electrons. The molecule has 0 aliphatic carbocycles. The van der Waals surface area contributed by atoms with Gasteiger partial charge in [-0.1, -0.05) is 0 Å². The number of amides is 1. The van der Waals surface area contributed by atoms with Crippen LogP contribution in [0, 0.1) is 0 Å². The zero-order valence-electron chi connectivity index (χ0n) is 7.54. The van der Waals surface area contributed by atoms with E-state index in [0.717, 1.165) is 4.47 Å². The molecule has 0 bridgehead atoms. The van der Waals surface area contributed by atoms with E-state index in [4.69, 9.17) is 0 Å². The van der Waals surface area contributed by atoms with E-state index in [-0.39, 0.29) is 24.7 Å². The summed E-state index contributed by atoms with van der Waals surface area (Å²) >= 11 is 6.58. The Bertz CT molecular complexity index is 448. The molecule has 0 aromatic carbocycles. The fraction of sp³-hybridized carbons (Fsp3) is 0.222. The van der Waals surface area contributed by atoms with Gasteiger partial charge in [-0.05, 0) is 37.9 Å². The summed E-state index contributed by atoms with van der Waals surface area (Å²) < 4.78 is 1.51. The number of hydrogen-bond donors (Lipinski definition) is 0. The van der Waals surface area contributed by atoms with E-state index in [9.17, 15) is 9.59 Å². The zero-order chi connectivity index (χ0) is 11.0. The maximum atomic E-state index is 11.5. The van der Waals surface area contributed by atoms with Gasteiger partial charge in [0.05, 0.1) is 17.4 Å². The maximum Gasteiger partial charge on any atom is 0.236 e. The van der Waals surface area contributed by atoms with Crippen LogP contribution in [0.1, 0.15) is 6.42 Å². The van der Waals surface area contributed by atoms with E-state index in [2.05, 4.69) is 36.8 Å². The Morgan fingerprint density at radius 2 is 2.07 bits per heavy atom. The van der Waals surface area contributed by atoms with Crippen molar-refractivity contribution < 1.29 is 9.59 Å². The number of rotatable bonds is 1. The highest BCUT2D eigenvalue weighted by atomic mass is 79.9. The molecule has 0 spiro atoms. The molecule has 15 heavy (non-hydrogen) atoms. The molecule has 2 heterocycles. The summed E-state index contributed by atoms with van der Waals surface area (Å²) in [6.07, 6.45) is 1.57. The van der Waals surface area contributed by atoms with Gasteiger partial charge in [0.2, 0.25) is 5.91 Å². The molecule has 0 unspecified atom stereocenters. The lowest BCUT2D eigenvalue weighted by atomic mass is 10.3. The number of aromatic nitrogens is 1. The van der Waals surface area contributed by atoms with Crippen LogP contribution in [0.15, 0.2) is 21.2 Å². The Morgan fingerprint density at radius 3 is 2.60 bits per heavy atom. The normalized spacial score (nSPS) is 16.3. The van der Waals surface area contributed by atoms with Crippen LogP contribution in [0.4, 0.5) is 5.82 Å². The Balaban J connectivity index is 2.38. The fourth-order valence-electron chi connectivity index (χ4n) is 1.38. The second-order valence-corrected chi connectivity index (χ2v) is 4.92. The summed E-state index contributed by atoms with van der Waals surface area (Å²) in [4.78, 5) is 28.0. The number of carbonyl (C=O) groups is 2. The summed E-state index contributed by atoms with van der Waals surface area (Å²) in [6.45, 7) is 0.117. The minimum Gasteiger partial charge on any atom is -0.297 e. The number of hydrogen-bond acceptors (Lipinski definition) is 3. The zero-order valence-corrected chi connectivity index (χ0v) is 10.7. The lowest BCUT2D eigenvalue weighted by Crippen LogP contribution is -2.25. The highest BCUT2D eigenvalue weighted by Crippen LogP contribution is 2.28. The molecule has 0 saturated carbocycles. The number of halogens is 2. The molecule has 0 atom stereocenters. The third-order valence-electron chi connectivity index (χ3n) is 2.03. The summed E-state index contributed by atoms with van der Waals surface area (Å²) in [5.41, 5.74) is 0. The number of anilines is 1. The van der Waals surface area contributed by atoms with Crippen LogP contribution in [0.2, 0.25) is 0 Å². The largest absolute Gasteiger partial charge is 0.297 e. The minimum atomic E-state index is -0.199. The first kappa shape index (κ1) is 10.8. The van der Waals surface area contributed by atoms with Crippen molar-refractivity contribution in [3.05, 3.63) is 21.2 Å². The average Bonchev–Trinajstić information content (AvgIpc) is 2.45. The van der Waals surface area contributed by atoms with E-state index in [1.54, 1.807) is 12.3 Å². The average molecular weight is 334 g/mol. The Hall–Kier alpha value is -0.750. The van der Waals surface area contributed by atoms with Crippen LogP contribution < -0.4 is 4.90 Å². The molecule has 2 rings (SSSR count). The van der Waals surface area contributed by atoms with Crippen LogP contribution in [-0.4, -0.2) is 23.2 Å². The molecule has 4 nitrogen and oxygen atoms in total. The van der Waals surface area contributed by atoms with Gasteiger partial charge < -0.3 is 0 Å². The van der Waals surface area contributed by atoms with Gasteiger partial charge >= 0.3 is 0 Å². The van der Waals surface area contributed by atoms with Crippen LogP contribution in [0.5, 0.6) is 0 Å². The van der Waals surface area contributed by atoms with Gasteiger partial charge in [-0.2, -0.15) is 0 Å². The van der Waals surface area contributed by atoms with Gasteiger partial charge in [-0.15, -0.1) is 0 Å². The number of carbonyl (C=O) groups excluding carboxylic acids is 2. The van der Waals surface area contributed by atoms with Gasteiger partial charge in [0.25, 0.3) is 0 Å². The monoisotopic (exact) mass is 332 g/mol. The molecule has 1 amide bonds. The van der Waals surface area contributed by atoms with E-state index >= 15 is 0 Å². The molecule has 1 fully saturated rings. The minimum absolute atomic E-state index is 0.0236. The summed E-state index contributed by atoms with van der Waals surface area (Å²) in [6, 6.07) is 1.79. The SMILES string of the molecule is O=C1CC(=O)N(c2ncc(Br)cc2Br)C1. The second-order valence-electron chi connectivity index (χ2n) is 3.15. The van der Waals surface area contributed by atoms with Crippen molar-refractivity contribution in [2.75, 3.05) is 11.4 Å². The molecule has 0 N–H and O–H groups in total. The predicted molar refractivity (Wildman–Crippen MR) is 61.6 cm³/mol. The molecule has 1 saturated heterocycles. The van der Waals surface area contributed by atoms with Crippen LogP contribution in [-0.2, 0) is 9.59 Å². The molecule has 1 aliphatic rings. The smallest absolute Gasteiger partial charge is 0.236 e. The first-order valence-corrected chi connectivity index (χ1v) is 5.79. The van der Waals surface area contributed by atoms with Gasteiger partial charge in [0.15, 0.2) is 5.78 Å². The van der Waals surface area contributed by atoms with Crippen LogP contribution in [0.25, 0.3) is 0 Å². The summed E-state index contributed by atoms with van der Waals surface area (Å²) in [5.74, 6) is 0.223. The van der Waals surface area contributed by atoms with Crippen molar-refractivity contribution >= 4 is 49.4 Å². The van der Waals surface area contributed by atoms with Gasteiger partial charge in [0, 0.05) is 10.7 Å². The van der Waals surface area contributed by atoms with Crippen LogP contribution >= 0.6 is 31.9 Å². The van der Waals surface area contributed by atoms with Gasteiger partial charge in [0.1, 0.15) is 5.82 Å². The highest BCUT2D eigenvalue weighted by molar-refractivity contribution is 9.11. The van der Waals surface area contributed by atoms with E-state index in [1.807, 2.05) is 0 Å². The molecule has 1 aromatic rings. The molecular formula is C9H6Br2N2O2. The molecule has 78 valence electrons. The van der Waals surface area contributed by atoms with Crippen molar-refractivity contribution in [3.8, 4) is 0 Å². The number of pyridine rings is 1. The standard InChI is InChI=1S/C9H6Br2N2O2/c10-5-1-7(11)9(12-3-5)13-4-6(14)2-8(13)15/h1,3H,2,4H2. The molecule has 1 aliphatic heterocycles. The van der Waals surface area contributed by atoms with Crippen molar-refractivity contribution in [2.24, 2.45) is 0 Å². The van der Waals surface area contributed by atoms with Gasteiger partial charge in [-0.3, -0.25) is 14.5 Å². The first-order valence-electron chi connectivity index (χ1n) is 4.21. The first-order chi connectivity index (χ1) is 7.08. The Labute approximate surface area is 103 Å². The van der Waals surface area contributed by atoms with Crippen LogP contribution in [0.3, 0.4) is 0 Å². The predicted octanol–water partition coefficient (Wildman–Crippen LogP) is 1.91. The Morgan fingerprint density at radius 1 is 1.33 bits per heavy atom. The molecular weight excluding hydrogens is 328 g/mol. The number of nitrogens with zero attached hydrogens (tertiary/aromatic N) is 2. The van der Waals surface area contributed by atoms with Crippen molar-refractivity contribution in [2.45, 2.75) is 6.42 Å². The molecule has 1 aromatic heterocycles. The Kier molecular flexibility index (Phi) is 2.88. The lowest BCUT2D eigenvalue weighted by molar-refractivity contribution is -0.121. The number of ketones is 1. The third kappa shape index (κ3) is 2.10. The van der Waals surface area contributed by atoms with Crippen molar-refractivity contribution in [3.63, 3.8) is 0 Å². The summed E-state index contributed by atoms with van der Waals surface area (Å²) in [5, 5.41) is 0. The van der Waals surface area contributed by atoms with E-state index < -0.39 is 0 Å². The van der Waals surface area contributed by atoms with E-state index in [1.165, 1.54) is 4.90 Å². The van der Waals surface area contributed by atoms with Crippen molar-refractivity contribution in [1.29, 1.82) is 0 Å². The fourth-order valence-corrected chi connectivity index (χ4v) is 2.59. The number of Topliss-reactive ketones (excluding diaryl/α,β-unsaturated/α-hetero) is 1. The van der Waals surface area contributed by atoms with E-state index in [0.29, 0.717) is 10.3 Å². The quantitative estimate of drug-likeness (QED) is 0.738.